The van der Waals surface area contributed by atoms with E-state index in [1.165, 1.54) is 0 Å². The van der Waals surface area contributed by atoms with Gasteiger partial charge in [0.1, 0.15) is 5.75 Å². The van der Waals surface area contributed by atoms with Crippen LogP contribution in [0.25, 0.3) is 0 Å². The molecule has 0 aliphatic carbocycles. The lowest BCUT2D eigenvalue weighted by molar-refractivity contribution is -0.137. The predicted octanol–water partition coefficient (Wildman–Crippen LogP) is 4.37. The van der Waals surface area contributed by atoms with Crippen molar-refractivity contribution in [2.45, 2.75) is 34.4 Å². The molecule has 0 N–H and O–H groups in total. The van der Waals surface area contributed by atoms with Crippen molar-refractivity contribution >= 4 is 17.4 Å². The predicted molar refractivity (Wildman–Crippen MR) is 84.5 cm³/mol. The van der Waals surface area contributed by atoms with E-state index in [2.05, 4.69) is 4.98 Å². The molecule has 0 spiro atoms. The highest BCUT2D eigenvalue weighted by atomic mass is 35.5. The molecule has 1 aromatic heterocycles. The van der Waals surface area contributed by atoms with Crippen molar-refractivity contribution < 1.29 is 9.53 Å². The first-order chi connectivity index (χ1) is 9.38. The number of hydrogen-bond acceptors (Lipinski definition) is 3. The summed E-state index contributed by atoms with van der Waals surface area (Å²) >= 11 is 5.85. The number of hydrogen-bond donors (Lipinski definition) is 0. The average molecular weight is 309 g/mol. The second-order valence-corrected chi connectivity index (χ2v) is 5.98. The number of benzene rings is 1. The van der Waals surface area contributed by atoms with Gasteiger partial charge in [0, 0.05) is 22.8 Å². The summed E-state index contributed by atoms with van der Waals surface area (Å²) in [5, 5.41) is 0.624. The highest BCUT2D eigenvalue weighted by Crippen LogP contribution is 2.27. The van der Waals surface area contributed by atoms with Gasteiger partial charge in [-0.2, -0.15) is 0 Å². The summed E-state index contributed by atoms with van der Waals surface area (Å²) in [7, 11) is 0. The lowest BCUT2D eigenvalue weighted by Gasteiger charge is -2.26. The molecule has 2 rings (SSSR count). The Morgan fingerprint density at radius 1 is 1.29 bits per heavy atom. The van der Waals surface area contributed by atoms with Crippen molar-refractivity contribution in [2.75, 3.05) is 0 Å². The molecule has 0 aliphatic heterocycles. The number of halogens is 1. The van der Waals surface area contributed by atoms with Gasteiger partial charge in [-0.1, -0.05) is 39.8 Å². The van der Waals surface area contributed by atoms with Crippen LogP contribution in [0, 0.1) is 5.41 Å². The highest BCUT2D eigenvalue weighted by Gasteiger charge is 2.32. The summed E-state index contributed by atoms with van der Waals surface area (Å²) in [6.07, 6.45) is 4.17. The lowest BCUT2D eigenvalue weighted by atomic mass is 9.89. The van der Waals surface area contributed by atoms with E-state index in [0.717, 1.165) is 0 Å². The minimum atomic E-state index is -0.737. The third-order valence-corrected chi connectivity index (χ3v) is 3.07. The third kappa shape index (κ3) is 4.33. The first kappa shape index (κ1) is 17.2. The maximum atomic E-state index is 12.5. The zero-order chi connectivity index (χ0) is 14.8. The molecule has 0 radical (unpaired) electrons. The Hall–Kier alpha value is -1.81. The molecule has 1 unspecified atom stereocenters. The summed E-state index contributed by atoms with van der Waals surface area (Å²) in [6, 6.07) is 6.93. The van der Waals surface area contributed by atoms with Gasteiger partial charge >= 0.3 is 0 Å². The standard InChI is InChI=1S/C15H17ClN2O2.CH4/c1-15(2,3)13(19)14(18-9-8-17-10-18)20-12-6-4-11(16)5-7-12;/h4-10,14H,1-3H3;1H4. The molecule has 0 bridgehead atoms. The van der Waals surface area contributed by atoms with Crippen molar-refractivity contribution in [1.82, 2.24) is 9.55 Å². The number of rotatable bonds is 4. The molecule has 21 heavy (non-hydrogen) atoms. The fourth-order valence-electron chi connectivity index (χ4n) is 1.67. The quantitative estimate of drug-likeness (QED) is 0.842. The molecule has 0 saturated heterocycles. The van der Waals surface area contributed by atoms with Gasteiger partial charge in [-0.3, -0.25) is 9.36 Å². The Morgan fingerprint density at radius 3 is 2.38 bits per heavy atom. The van der Waals surface area contributed by atoms with E-state index in [1.54, 1.807) is 47.6 Å². The van der Waals surface area contributed by atoms with E-state index in [-0.39, 0.29) is 13.2 Å². The molecule has 114 valence electrons. The lowest BCUT2D eigenvalue weighted by Crippen LogP contribution is -2.33. The first-order valence-corrected chi connectivity index (χ1v) is 6.70. The number of nitrogens with zero attached hydrogens (tertiary/aromatic N) is 2. The second-order valence-electron chi connectivity index (χ2n) is 5.55. The zero-order valence-corrected chi connectivity index (χ0v) is 12.5. The molecule has 0 saturated carbocycles. The number of carbonyl (C=O) groups excluding carboxylic acids is 1. The fourth-order valence-corrected chi connectivity index (χ4v) is 1.80. The normalized spacial score (nSPS) is 12.4. The smallest absolute Gasteiger partial charge is 0.236 e. The summed E-state index contributed by atoms with van der Waals surface area (Å²) in [5.41, 5.74) is -0.513. The number of carbonyl (C=O) groups is 1. The minimum Gasteiger partial charge on any atom is -0.463 e. The van der Waals surface area contributed by atoms with Gasteiger partial charge in [0.25, 0.3) is 0 Å². The van der Waals surface area contributed by atoms with Crippen LogP contribution in [0.15, 0.2) is 43.0 Å². The molecule has 5 heteroatoms. The summed E-state index contributed by atoms with van der Waals surface area (Å²) in [6.45, 7) is 5.60. The SMILES string of the molecule is C.CC(C)(C)C(=O)C(Oc1ccc(Cl)cc1)n1ccnc1. The molecule has 1 aromatic carbocycles. The minimum absolute atomic E-state index is 0. The highest BCUT2D eigenvalue weighted by molar-refractivity contribution is 6.30. The van der Waals surface area contributed by atoms with E-state index in [9.17, 15) is 4.79 Å². The molecular formula is C16H21ClN2O2. The third-order valence-electron chi connectivity index (χ3n) is 2.82. The molecule has 2 aromatic rings. The van der Waals surface area contributed by atoms with Crippen molar-refractivity contribution in [3.63, 3.8) is 0 Å². The van der Waals surface area contributed by atoms with Crippen LogP contribution in [-0.4, -0.2) is 15.3 Å². The monoisotopic (exact) mass is 308 g/mol. The Morgan fingerprint density at radius 2 is 1.90 bits per heavy atom. The fraction of sp³-hybridized carbons (Fsp3) is 0.375. The molecule has 0 aliphatic rings. The van der Waals surface area contributed by atoms with Crippen LogP contribution < -0.4 is 4.74 Å². The maximum absolute atomic E-state index is 12.5. The van der Waals surface area contributed by atoms with Crippen LogP contribution in [-0.2, 0) is 4.79 Å². The Labute approximate surface area is 130 Å². The summed E-state index contributed by atoms with van der Waals surface area (Å²) in [5.74, 6) is 0.566. The zero-order valence-electron chi connectivity index (χ0n) is 11.7. The van der Waals surface area contributed by atoms with Gasteiger partial charge in [0.15, 0.2) is 5.78 Å². The van der Waals surface area contributed by atoms with Crippen molar-refractivity contribution in [3.05, 3.63) is 48.0 Å². The maximum Gasteiger partial charge on any atom is 0.236 e. The number of Topliss-reactive ketones (excluding diaryl/α,β-unsaturated/α-hetero) is 1. The first-order valence-electron chi connectivity index (χ1n) is 6.32. The van der Waals surface area contributed by atoms with Crippen LogP contribution in [0.2, 0.25) is 5.02 Å². The summed E-state index contributed by atoms with van der Waals surface area (Å²) < 4.78 is 7.47. The molecule has 4 nitrogen and oxygen atoms in total. The molecule has 0 fully saturated rings. The van der Waals surface area contributed by atoms with Crippen molar-refractivity contribution in [3.8, 4) is 5.75 Å². The van der Waals surface area contributed by atoms with Crippen LogP contribution in [0.5, 0.6) is 5.75 Å². The van der Waals surface area contributed by atoms with E-state index < -0.39 is 11.6 Å². The molecule has 1 atom stereocenters. The topological polar surface area (TPSA) is 44.1 Å². The van der Waals surface area contributed by atoms with E-state index in [1.807, 2.05) is 20.8 Å². The van der Waals surface area contributed by atoms with Crippen LogP contribution in [0.3, 0.4) is 0 Å². The Kier molecular flexibility index (Phi) is 5.55. The Bertz CT molecular complexity index is 571. The number of aromatic nitrogens is 2. The van der Waals surface area contributed by atoms with Crippen molar-refractivity contribution in [1.29, 1.82) is 0 Å². The van der Waals surface area contributed by atoms with E-state index >= 15 is 0 Å². The van der Waals surface area contributed by atoms with Gasteiger partial charge < -0.3 is 4.74 Å². The summed E-state index contributed by atoms with van der Waals surface area (Å²) in [4.78, 5) is 16.5. The number of ether oxygens (including phenoxy) is 1. The van der Waals surface area contributed by atoms with Crippen LogP contribution in [0.1, 0.15) is 34.4 Å². The van der Waals surface area contributed by atoms with E-state index in [4.69, 9.17) is 16.3 Å². The van der Waals surface area contributed by atoms with Crippen LogP contribution >= 0.6 is 11.6 Å². The van der Waals surface area contributed by atoms with Gasteiger partial charge in [-0.05, 0) is 24.3 Å². The largest absolute Gasteiger partial charge is 0.463 e. The van der Waals surface area contributed by atoms with E-state index in [0.29, 0.717) is 10.8 Å². The average Bonchev–Trinajstić information content (AvgIpc) is 2.90. The molecule has 1 heterocycles. The van der Waals surface area contributed by atoms with Gasteiger partial charge in [0.2, 0.25) is 6.23 Å². The van der Waals surface area contributed by atoms with Gasteiger partial charge in [-0.15, -0.1) is 0 Å². The number of ketones is 1. The van der Waals surface area contributed by atoms with Gasteiger partial charge in [-0.25, -0.2) is 4.98 Å². The number of imidazole rings is 1. The molecule has 0 amide bonds. The van der Waals surface area contributed by atoms with Gasteiger partial charge in [0.05, 0.1) is 6.33 Å². The molecular weight excluding hydrogens is 288 g/mol. The van der Waals surface area contributed by atoms with Crippen LogP contribution in [0.4, 0.5) is 0 Å². The van der Waals surface area contributed by atoms with Crippen molar-refractivity contribution in [2.24, 2.45) is 5.41 Å². The second kappa shape index (κ2) is 6.76. The Balaban J connectivity index is 0.00000220.